The quantitative estimate of drug-likeness (QED) is 0.757. The van der Waals surface area contributed by atoms with Crippen LogP contribution in [0.15, 0.2) is 22.9 Å². The normalized spacial score (nSPS) is 13.0. The van der Waals surface area contributed by atoms with Gasteiger partial charge in [0.2, 0.25) is 0 Å². The van der Waals surface area contributed by atoms with Crippen molar-refractivity contribution in [3.8, 4) is 0 Å². The molecule has 0 radical (unpaired) electrons. The number of aromatic nitrogens is 1. The van der Waals surface area contributed by atoms with Gasteiger partial charge in [0.05, 0.1) is 6.10 Å². The first-order valence-corrected chi connectivity index (χ1v) is 4.17. The Kier molecular flexibility index (Phi) is 3.02. The molecule has 0 aliphatic rings. The molecule has 0 bridgehead atoms. The number of hydrogen-bond acceptors (Lipinski definition) is 2. The van der Waals surface area contributed by atoms with Crippen molar-refractivity contribution in [1.29, 1.82) is 0 Å². The Balaban J connectivity index is 2.93. The molecule has 1 atom stereocenters. The summed E-state index contributed by atoms with van der Waals surface area (Å²) in [6.07, 6.45) is 3.65. The number of rotatable bonds is 2. The molecule has 0 amide bonds. The van der Waals surface area contributed by atoms with E-state index in [4.69, 9.17) is 4.74 Å². The van der Waals surface area contributed by atoms with E-state index in [1.54, 1.807) is 19.5 Å². The summed E-state index contributed by atoms with van der Waals surface area (Å²) in [4.78, 5) is 4.00. The molecule has 2 nitrogen and oxygen atoms in total. The van der Waals surface area contributed by atoms with Crippen LogP contribution >= 0.6 is 15.9 Å². The van der Waals surface area contributed by atoms with Gasteiger partial charge in [0.1, 0.15) is 0 Å². The molecule has 60 valence electrons. The van der Waals surface area contributed by atoms with Gasteiger partial charge in [-0.25, -0.2) is 0 Å². The number of methoxy groups -OCH3 is 1. The number of hydrogen-bond donors (Lipinski definition) is 0. The minimum absolute atomic E-state index is 0.0954. The third-order valence-corrected chi connectivity index (χ3v) is 2.31. The van der Waals surface area contributed by atoms with Gasteiger partial charge in [-0.05, 0) is 13.0 Å². The average molecular weight is 216 g/mol. The predicted molar refractivity (Wildman–Crippen MR) is 47.4 cm³/mol. The monoisotopic (exact) mass is 215 g/mol. The molecule has 1 heterocycles. The summed E-state index contributed by atoms with van der Waals surface area (Å²) in [7, 11) is 1.68. The van der Waals surface area contributed by atoms with E-state index in [1.807, 2.05) is 13.0 Å². The van der Waals surface area contributed by atoms with Gasteiger partial charge in [0.15, 0.2) is 0 Å². The van der Waals surface area contributed by atoms with Crippen LogP contribution in [-0.4, -0.2) is 12.1 Å². The Hall–Kier alpha value is -0.410. The minimum Gasteiger partial charge on any atom is -0.377 e. The summed E-state index contributed by atoms with van der Waals surface area (Å²) in [6, 6.07) is 1.91. The fraction of sp³-hybridized carbons (Fsp3) is 0.375. The maximum absolute atomic E-state index is 5.15. The molecular weight excluding hydrogens is 206 g/mol. The minimum atomic E-state index is 0.0954. The Morgan fingerprint density at radius 1 is 1.64 bits per heavy atom. The number of halogens is 1. The summed E-state index contributed by atoms with van der Waals surface area (Å²) in [5, 5.41) is 0. The molecule has 1 aromatic heterocycles. The lowest BCUT2D eigenvalue weighted by atomic mass is 10.2. The van der Waals surface area contributed by atoms with E-state index < -0.39 is 0 Å². The van der Waals surface area contributed by atoms with Crippen molar-refractivity contribution in [2.24, 2.45) is 0 Å². The van der Waals surface area contributed by atoms with E-state index in [-0.39, 0.29) is 6.10 Å². The maximum Gasteiger partial charge on any atom is 0.0818 e. The van der Waals surface area contributed by atoms with Crippen molar-refractivity contribution >= 4 is 15.9 Å². The highest BCUT2D eigenvalue weighted by atomic mass is 79.9. The zero-order chi connectivity index (χ0) is 8.27. The van der Waals surface area contributed by atoms with E-state index >= 15 is 0 Å². The van der Waals surface area contributed by atoms with Gasteiger partial charge in [0.25, 0.3) is 0 Å². The van der Waals surface area contributed by atoms with E-state index in [2.05, 4.69) is 20.9 Å². The largest absolute Gasteiger partial charge is 0.377 e. The Bertz CT molecular complexity index is 239. The third kappa shape index (κ3) is 2.01. The van der Waals surface area contributed by atoms with Gasteiger partial charge in [-0.1, -0.05) is 15.9 Å². The predicted octanol–water partition coefficient (Wildman–Crippen LogP) is 2.55. The number of pyridine rings is 1. The van der Waals surface area contributed by atoms with E-state index in [1.165, 1.54) is 0 Å². The van der Waals surface area contributed by atoms with Gasteiger partial charge in [-0.15, -0.1) is 0 Å². The second kappa shape index (κ2) is 3.83. The van der Waals surface area contributed by atoms with Crippen molar-refractivity contribution in [3.63, 3.8) is 0 Å². The van der Waals surface area contributed by atoms with Crippen LogP contribution in [0.4, 0.5) is 0 Å². The first-order valence-electron chi connectivity index (χ1n) is 3.38. The van der Waals surface area contributed by atoms with E-state index in [0.29, 0.717) is 0 Å². The lowest BCUT2D eigenvalue weighted by Crippen LogP contribution is -1.97. The number of nitrogens with zero attached hydrogens (tertiary/aromatic N) is 1. The first-order chi connectivity index (χ1) is 5.25. The summed E-state index contributed by atoms with van der Waals surface area (Å²) in [6.45, 7) is 1.99. The lowest BCUT2D eigenvalue weighted by Gasteiger charge is -2.10. The van der Waals surface area contributed by atoms with Crippen LogP contribution in [0.2, 0.25) is 0 Å². The average Bonchev–Trinajstić information content (AvgIpc) is 2.04. The maximum atomic E-state index is 5.15. The molecule has 0 spiro atoms. The first kappa shape index (κ1) is 8.68. The smallest absolute Gasteiger partial charge is 0.0818 e. The van der Waals surface area contributed by atoms with Crippen molar-refractivity contribution < 1.29 is 4.74 Å². The zero-order valence-electron chi connectivity index (χ0n) is 6.54. The summed E-state index contributed by atoms with van der Waals surface area (Å²) in [5.41, 5.74) is 1.08. The van der Waals surface area contributed by atoms with Crippen LogP contribution < -0.4 is 0 Å². The van der Waals surface area contributed by atoms with E-state index in [9.17, 15) is 0 Å². The second-order valence-corrected chi connectivity index (χ2v) is 3.13. The van der Waals surface area contributed by atoms with Gasteiger partial charge < -0.3 is 4.74 Å². The number of ether oxygens (including phenoxy) is 1. The molecule has 0 aliphatic heterocycles. The van der Waals surface area contributed by atoms with Crippen LogP contribution in [0, 0.1) is 0 Å². The molecule has 0 fully saturated rings. The molecule has 0 aliphatic carbocycles. The molecule has 1 aromatic rings. The van der Waals surface area contributed by atoms with Crippen molar-refractivity contribution in [2.45, 2.75) is 13.0 Å². The van der Waals surface area contributed by atoms with Crippen molar-refractivity contribution in [2.75, 3.05) is 7.11 Å². The molecule has 1 rings (SSSR count). The second-order valence-electron chi connectivity index (χ2n) is 2.28. The third-order valence-electron chi connectivity index (χ3n) is 1.59. The lowest BCUT2D eigenvalue weighted by molar-refractivity contribution is 0.118. The van der Waals surface area contributed by atoms with Gasteiger partial charge >= 0.3 is 0 Å². The fourth-order valence-corrected chi connectivity index (χ4v) is 1.36. The Labute approximate surface area is 74.7 Å². The summed E-state index contributed by atoms with van der Waals surface area (Å²) < 4.78 is 6.19. The molecule has 0 saturated heterocycles. The zero-order valence-corrected chi connectivity index (χ0v) is 8.13. The van der Waals surface area contributed by atoms with Gasteiger partial charge in [-0.2, -0.15) is 0 Å². The highest BCUT2D eigenvalue weighted by Crippen LogP contribution is 2.23. The van der Waals surface area contributed by atoms with Gasteiger partial charge in [0, 0.05) is 29.5 Å². The van der Waals surface area contributed by atoms with Crippen LogP contribution in [-0.2, 0) is 4.74 Å². The molecule has 0 saturated carbocycles. The molecule has 0 aromatic carbocycles. The van der Waals surface area contributed by atoms with Crippen molar-refractivity contribution in [3.05, 3.63) is 28.5 Å². The molecular formula is C8H10BrNO. The SMILES string of the molecule is COC(C)c1cnccc1Br. The summed E-state index contributed by atoms with van der Waals surface area (Å²) >= 11 is 3.42. The van der Waals surface area contributed by atoms with Crippen molar-refractivity contribution in [1.82, 2.24) is 4.98 Å². The van der Waals surface area contributed by atoms with Gasteiger partial charge in [-0.3, -0.25) is 4.98 Å². The standard InChI is InChI=1S/C8H10BrNO/c1-6(11-2)7-5-10-4-3-8(7)9/h3-6H,1-2H3. The Morgan fingerprint density at radius 2 is 2.36 bits per heavy atom. The summed E-state index contributed by atoms with van der Waals surface area (Å²) in [5.74, 6) is 0. The Morgan fingerprint density at radius 3 is 2.91 bits per heavy atom. The topological polar surface area (TPSA) is 22.1 Å². The fourth-order valence-electron chi connectivity index (χ4n) is 0.816. The van der Waals surface area contributed by atoms with Crippen LogP contribution in [0.25, 0.3) is 0 Å². The van der Waals surface area contributed by atoms with Crippen LogP contribution in [0.5, 0.6) is 0 Å². The molecule has 3 heteroatoms. The molecule has 0 N–H and O–H groups in total. The highest BCUT2D eigenvalue weighted by Gasteiger charge is 2.06. The van der Waals surface area contributed by atoms with Crippen LogP contribution in [0.1, 0.15) is 18.6 Å². The highest BCUT2D eigenvalue weighted by molar-refractivity contribution is 9.10. The molecule has 11 heavy (non-hydrogen) atoms. The van der Waals surface area contributed by atoms with E-state index in [0.717, 1.165) is 10.0 Å². The molecule has 1 unspecified atom stereocenters. The van der Waals surface area contributed by atoms with Crippen LogP contribution in [0.3, 0.4) is 0 Å².